The van der Waals surface area contributed by atoms with E-state index in [2.05, 4.69) is 10.4 Å². The van der Waals surface area contributed by atoms with Gasteiger partial charge in [0, 0.05) is 32.3 Å². The Kier molecular flexibility index (Phi) is 8.08. The van der Waals surface area contributed by atoms with Crippen LogP contribution in [0.1, 0.15) is 34.1 Å². The van der Waals surface area contributed by atoms with Gasteiger partial charge in [0.25, 0.3) is 5.91 Å². The fraction of sp³-hybridized carbons (Fsp3) is 0.269. The first kappa shape index (κ1) is 24.6. The van der Waals surface area contributed by atoms with Crippen LogP contribution in [0, 0.1) is 6.92 Å². The SMILES string of the molecule is CCn1ncc(NC(=O)/C=C/c2ccc(OC)c(COc3ccccc3C)c2)c1C(=O)N(C)C. The zero-order valence-corrected chi connectivity index (χ0v) is 20.2. The molecule has 0 aliphatic carbocycles. The second-order valence-corrected chi connectivity index (χ2v) is 7.87. The fourth-order valence-corrected chi connectivity index (χ4v) is 3.39. The molecule has 2 amide bonds. The number of ether oxygens (including phenoxy) is 2. The Morgan fingerprint density at radius 2 is 1.91 bits per heavy atom. The van der Waals surface area contributed by atoms with E-state index in [4.69, 9.17) is 9.47 Å². The molecule has 0 atom stereocenters. The Labute approximate surface area is 199 Å². The van der Waals surface area contributed by atoms with Gasteiger partial charge in [-0.05, 0) is 49.2 Å². The maximum Gasteiger partial charge on any atom is 0.273 e. The average Bonchev–Trinajstić information content (AvgIpc) is 3.23. The monoisotopic (exact) mass is 462 g/mol. The molecule has 0 unspecified atom stereocenters. The number of anilines is 1. The van der Waals surface area contributed by atoms with Gasteiger partial charge in [-0.2, -0.15) is 5.10 Å². The van der Waals surface area contributed by atoms with Crippen molar-refractivity contribution < 1.29 is 19.1 Å². The minimum atomic E-state index is -0.364. The Morgan fingerprint density at radius 3 is 2.59 bits per heavy atom. The predicted octanol–water partition coefficient (Wildman–Crippen LogP) is 4.15. The molecule has 0 fully saturated rings. The summed E-state index contributed by atoms with van der Waals surface area (Å²) in [6.07, 6.45) is 4.60. The summed E-state index contributed by atoms with van der Waals surface area (Å²) in [5.74, 6) is 0.915. The number of aryl methyl sites for hydroxylation is 2. The van der Waals surface area contributed by atoms with Crippen molar-refractivity contribution in [2.75, 3.05) is 26.5 Å². The van der Waals surface area contributed by atoms with Gasteiger partial charge < -0.3 is 19.7 Å². The molecule has 3 aromatic rings. The molecule has 0 saturated heterocycles. The second-order valence-electron chi connectivity index (χ2n) is 7.87. The Balaban J connectivity index is 1.74. The van der Waals surface area contributed by atoms with E-state index in [1.54, 1.807) is 32.0 Å². The van der Waals surface area contributed by atoms with Gasteiger partial charge in [-0.25, -0.2) is 0 Å². The van der Waals surface area contributed by atoms with Crippen LogP contribution in [0.3, 0.4) is 0 Å². The van der Waals surface area contributed by atoms with Crippen molar-refractivity contribution in [2.45, 2.75) is 27.0 Å². The number of nitrogens with one attached hydrogen (secondary N) is 1. The van der Waals surface area contributed by atoms with Crippen LogP contribution in [0.25, 0.3) is 6.08 Å². The number of nitrogens with zero attached hydrogens (tertiary/aromatic N) is 3. The number of hydrogen-bond acceptors (Lipinski definition) is 5. The highest BCUT2D eigenvalue weighted by molar-refractivity contribution is 6.06. The first-order chi connectivity index (χ1) is 16.3. The topological polar surface area (TPSA) is 85.7 Å². The lowest BCUT2D eigenvalue weighted by molar-refractivity contribution is -0.111. The van der Waals surface area contributed by atoms with E-state index >= 15 is 0 Å². The molecule has 8 heteroatoms. The molecule has 0 spiro atoms. The van der Waals surface area contributed by atoms with Crippen LogP contribution < -0.4 is 14.8 Å². The predicted molar refractivity (Wildman–Crippen MR) is 132 cm³/mol. The Bertz CT molecular complexity index is 1200. The van der Waals surface area contributed by atoms with E-state index in [0.29, 0.717) is 30.3 Å². The highest BCUT2D eigenvalue weighted by Crippen LogP contribution is 2.24. The molecule has 3 rings (SSSR count). The highest BCUT2D eigenvalue weighted by Gasteiger charge is 2.20. The highest BCUT2D eigenvalue weighted by atomic mass is 16.5. The molecule has 34 heavy (non-hydrogen) atoms. The third-order valence-corrected chi connectivity index (χ3v) is 5.21. The van der Waals surface area contributed by atoms with E-state index in [1.807, 2.05) is 56.3 Å². The van der Waals surface area contributed by atoms with Gasteiger partial charge >= 0.3 is 0 Å². The largest absolute Gasteiger partial charge is 0.496 e. The van der Waals surface area contributed by atoms with Crippen molar-refractivity contribution >= 4 is 23.6 Å². The van der Waals surface area contributed by atoms with Gasteiger partial charge in [0.05, 0.1) is 19.0 Å². The summed E-state index contributed by atoms with van der Waals surface area (Å²) in [5.41, 5.74) is 3.43. The number of amides is 2. The third-order valence-electron chi connectivity index (χ3n) is 5.21. The van der Waals surface area contributed by atoms with Gasteiger partial charge in [0.1, 0.15) is 23.8 Å². The minimum Gasteiger partial charge on any atom is -0.496 e. The van der Waals surface area contributed by atoms with Crippen molar-refractivity contribution in [3.05, 3.63) is 77.1 Å². The number of benzene rings is 2. The van der Waals surface area contributed by atoms with E-state index in [1.165, 1.54) is 17.2 Å². The van der Waals surface area contributed by atoms with Crippen LogP contribution in [0.15, 0.2) is 54.7 Å². The lowest BCUT2D eigenvalue weighted by Crippen LogP contribution is -2.26. The minimum absolute atomic E-state index is 0.230. The third kappa shape index (κ3) is 5.83. The molecule has 0 aliphatic rings. The van der Waals surface area contributed by atoms with Crippen LogP contribution in [0.4, 0.5) is 5.69 Å². The molecule has 0 aliphatic heterocycles. The van der Waals surface area contributed by atoms with Crippen molar-refractivity contribution in [3.8, 4) is 11.5 Å². The molecule has 0 radical (unpaired) electrons. The fourth-order valence-electron chi connectivity index (χ4n) is 3.39. The second kappa shape index (κ2) is 11.2. The zero-order chi connectivity index (χ0) is 24.7. The first-order valence-corrected chi connectivity index (χ1v) is 11.0. The number of para-hydroxylation sites is 1. The Hall–Kier alpha value is -4.07. The van der Waals surface area contributed by atoms with Crippen LogP contribution in [0.2, 0.25) is 0 Å². The molecule has 2 aromatic carbocycles. The van der Waals surface area contributed by atoms with Crippen LogP contribution in [0.5, 0.6) is 11.5 Å². The Morgan fingerprint density at radius 1 is 1.15 bits per heavy atom. The van der Waals surface area contributed by atoms with Crippen molar-refractivity contribution in [1.29, 1.82) is 0 Å². The van der Waals surface area contributed by atoms with Gasteiger partial charge in [0.2, 0.25) is 5.91 Å². The number of carbonyl (C=O) groups excluding carboxylic acids is 2. The van der Waals surface area contributed by atoms with E-state index in [-0.39, 0.29) is 11.8 Å². The molecule has 0 bridgehead atoms. The zero-order valence-electron chi connectivity index (χ0n) is 20.2. The number of carbonyl (C=O) groups is 2. The van der Waals surface area contributed by atoms with Crippen LogP contribution >= 0.6 is 0 Å². The quantitative estimate of drug-likeness (QED) is 0.483. The molecular weight excluding hydrogens is 432 g/mol. The van der Waals surface area contributed by atoms with Gasteiger partial charge in [-0.3, -0.25) is 14.3 Å². The molecule has 1 heterocycles. The molecule has 0 saturated carbocycles. The van der Waals surface area contributed by atoms with E-state index in [0.717, 1.165) is 22.4 Å². The maximum atomic E-state index is 12.6. The number of hydrogen-bond donors (Lipinski definition) is 1. The molecule has 1 aromatic heterocycles. The average molecular weight is 463 g/mol. The molecular formula is C26H30N4O4. The van der Waals surface area contributed by atoms with Crippen molar-refractivity contribution in [2.24, 2.45) is 0 Å². The van der Waals surface area contributed by atoms with Crippen molar-refractivity contribution in [3.63, 3.8) is 0 Å². The van der Waals surface area contributed by atoms with Crippen LogP contribution in [-0.4, -0.2) is 47.7 Å². The molecule has 1 N–H and O–H groups in total. The normalized spacial score (nSPS) is 10.9. The van der Waals surface area contributed by atoms with E-state index in [9.17, 15) is 9.59 Å². The summed E-state index contributed by atoms with van der Waals surface area (Å²) in [5, 5.41) is 6.95. The van der Waals surface area contributed by atoms with Crippen LogP contribution in [-0.2, 0) is 17.9 Å². The smallest absolute Gasteiger partial charge is 0.273 e. The number of aromatic nitrogens is 2. The molecule has 178 valence electrons. The van der Waals surface area contributed by atoms with Crippen molar-refractivity contribution in [1.82, 2.24) is 14.7 Å². The lowest BCUT2D eigenvalue weighted by atomic mass is 10.1. The van der Waals surface area contributed by atoms with Gasteiger partial charge in [-0.15, -0.1) is 0 Å². The number of methoxy groups -OCH3 is 1. The summed E-state index contributed by atoms with van der Waals surface area (Å²) in [6, 6.07) is 13.4. The lowest BCUT2D eigenvalue weighted by Gasteiger charge is -2.13. The summed E-state index contributed by atoms with van der Waals surface area (Å²) >= 11 is 0. The summed E-state index contributed by atoms with van der Waals surface area (Å²) in [4.78, 5) is 26.5. The maximum absolute atomic E-state index is 12.6. The summed E-state index contributed by atoms with van der Waals surface area (Å²) in [7, 11) is 4.93. The first-order valence-electron chi connectivity index (χ1n) is 11.0. The van der Waals surface area contributed by atoms with Gasteiger partial charge in [0.15, 0.2) is 0 Å². The molecule has 8 nitrogen and oxygen atoms in total. The van der Waals surface area contributed by atoms with Gasteiger partial charge in [-0.1, -0.05) is 24.3 Å². The standard InChI is InChI=1S/C26H30N4O4/c1-6-30-25(26(32)29(3)4)21(16-27-30)28-24(31)14-12-19-11-13-23(33-5)20(15-19)17-34-22-10-8-7-9-18(22)2/h7-16H,6,17H2,1-5H3,(H,28,31)/b14-12+. The summed E-state index contributed by atoms with van der Waals surface area (Å²) in [6.45, 7) is 4.72. The van der Waals surface area contributed by atoms with E-state index < -0.39 is 0 Å². The number of rotatable bonds is 9. The summed E-state index contributed by atoms with van der Waals surface area (Å²) < 4.78 is 13.0.